The van der Waals surface area contributed by atoms with Gasteiger partial charge in [0.25, 0.3) is 5.56 Å². The van der Waals surface area contributed by atoms with E-state index in [4.69, 9.17) is 16.3 Å². The van der Waals surface area contributed by atoms with Crippen LogP contribution in [0.4, 0.5) is 4.39 Å². The van der Waals surface area contributed by atoms with Crippen molar-refractivity contribution in [2.24, 2.45) is 0 Å². The third kappa shape index (κ3) is 1.89. The Morgan fingerprint density at radius 3 is 3.11 bits per heavy atom. The van der Waals surface area contributed by atoms with Gasteiger partial charge in [-0.25, -0.2) is 9.97 Å². The molecule has 1 aliphatic heterocycles. The number of rotatable bonds is 1. The fourth-order valence-corrected chi connectivity index (χ4v) is 2.16. The Kier molecular flexibility index (Phi) is 2.76. The van der Waals surface area contributed by atoms with Crippen LogP contribution in [-0.2, 0) is 4.74 Å². The highest BCUT2D eigenvalue weighted by atomic mass is 35.5. The van der Waals surface area contributed by atoms with Gasteiger partial charge >= 0.3 is 0 Å². The predicted octanol–water partition coefficient (Wildman–Crippen LogP) is 0.777. The third-order valence-corrected chi connectivity index (χ3v) is 3.04. The van der Waals surface area contributed by atoms with Gasteiger partial charge in [-0.2, -0.15) is 4.39 Å². The summed E-state index contributed by atoms with van der Waals surface area (Å²) in [5, 5.41) is 8.53. The zero-order valence-corrected chi connectivity index (χ0v) is 10.1. The number of aromatic amines is 1. The van der Waals surface area contributed by atoms with E-state index in [0.717, 1.165) is 0 Å². The first-order valence-corrected chi connectivity index (χ1v) is 5.76. The van der Waals surface area contributed by atoms with Crippen LogP contribution in [0.2, 0.25) is 0 Å². The predicted molar refractivity (Wildman–Crippen MR) is 62.9 cm³/mol. The lowest BCUT2D eigenvalue weighted by atomic mass is 10.2. The average Bonchev–Trinajstić information content (AvgIpc) is 2.93. The number of aliphatic hydroxyl groups is 1. The van der Waals surface area contributed by atoms with Crippen molar-refractivity contribution in [1.29, 1.82) is 0 Å². The van der Waals surface area contributed by atoms with Crippen LogP contribution in [0.5, 0.6) is 0 Å². The van der Waals surface area contributed by atoms with Crippen molar-refractivity contribution in [3.63, 3.8) is 0 Å². The number of hydrogen-bond donors (Lipinski definition) is 2. The Hall–Kier alpha value is -1.93. The molecule has 7 nitrogen and oxygen atoms in total. The molecule has 0 radical (unpaired) electrons. The van der Waals surface area contributed by atoms with Crippen molar-refractivity contribution < 1.29 is 14.2 Å². The van der Waals surface area contributed by atoms with Crippen molar-refractivity contribution in [3.8, 4) is 0 Å². The summed E-state index contributed by atoms with van der Waals surface area (Å²) in [5.74, 6) is -0.321. The van der Waals surface area contributed by atoms with Crippen molar-refractivity contribution in [3.05, 3.63) is 34.1 Å². The van der Waals surface area contributed by atoms with Crippen LogP contribution in [0.3, 0.4) is 0 Å². The highest BCUT2D eigenvalue weighted by Crippen LogP contribution is 2.35. The molecule has 3 heterocycles. The normalized spacial score (nSPS) is 25.6. The largest absolute Gasteiger partial charge is 0.467 e. The molecule has 0 amide bonds. The molecular weight excluding hydrogens is 279 g/mol. The van der Waals surface area contributed by atoms with Gasteiger partial charge in [0.1, 0.15) is 12.4 Å². The highest BCUT2D eigenvalue weighted by molar-refractivity contribution is 6.28. The highest BCUT2D eigenvalue weighted by Gasteiger charge is 2.34. The van der Waals surface area contributed by atoms with Gasteiger partial charge in [-0.05, 0) is 11.6 Å². The van der Waals surface area contributed by atoms with E-state index in [9.17, 15) is 14.3 Å². The van der Waals surface area contributed by atoms with E-state index in [1.807, 2.05) is 0 Å². The number of fused-ring (bicyclic) bond motifs is 1. The Bertz CT molecular complexity index is 721. The van der Waals surface area contributed by atoms with Gasteiger partial charge in [0, 0.05) is 6.42 Å². The maximum atomic E-state index is 12.9. The second-order valence-corrected chi connectivity index (χ2v) is 4.34. The van der Waals surface area contributed by atoms with E-state index in [1.165, 1.54) is 17.2 Å². The number of hydrogen-bond acceptors (Lipinski definition) is 5. The number of ether oxygens (including phenoxy) is 1. The molecule has 2 N–H and O–H groups in total. The first-order chi connectivity index (χ1) is 9.08. The molecular formula is C10H8ClFN4O3. The van der Waals surface area contributed by atoms with E-state index in [2.05, 4.69) is 15.0 Å². The van der Waals surface area contributed by atoms with Crippen molar-refractivity contribution >= 4 is 22.8 Å². The fraction of sp³-hybridized carbons (Fsp3) is 0.300. The number of imidazole rings is 1. The summed E-state index contributed by atoms with van der Waals surface area (Å²) in [5.41, 5.74) is 0.0446. The number of aliphatic hydroxyl groups excluding tert-OH is 1. The first-order valence-electron chi connectivity index (χ1n) is 5.38. The number of halogens is 2. The van der Waals surface area contributed by atoms with Crippen LogP contribution in [0, 0.1) is 0 Å². The fourth-order valence-electron chi connectivity index (χ4n) is 1.99. The second kappa shape index (κ2) is 4.32. The first kappa shape index (κ1) is 12.1. The van der Waals surface area contributed by atoms with Gasteiger partial charge in [-0.3, -0.25) is 9.36 Å². The number of H-pyrrole nitrogens is 1. The minimum Gasteiger partial charge on any atom is -0.467 e. The standard InChI is InChI=1S/C10H8ClFN4O3/c11-8(12)7-4(17)1-5(19-7)16-3-15-6-9(16)13-2-14-10(6)18/h2-5,17H,1H2,(H,13,14,18)/b8-7-/t4-,5+/m0/s1. The smallest absolute Gasteiger partial charge is 0.278 e. The van der Waals surface area contributed by atoms with Crippen molar-refractivity contribution in [2.45, 2.75) is 18.8 Å². The van der Waals surface area contributed by atoms with Crippen molar-refractivity contribution in [1.82, 2.24) is 19.5 Å². The summed E-state index contributed by atoms with van der Waals surface area (Å²) in [7, 11) is 0. The molecule has 1 fully saturated rings. The van der Waals surface area contributed by atoms with E-state index in [-0.39, 0.29) is 28.9 Å². The second-order valence-electron chi connectivity index (χ2n) is 4.00. The van der Waals surface area contributed by atoms with E-state index in [0.29, 0.717) is 0 Å². The molecule has 0 unspecified atom stereocenters. The molecule has 0 aromatic carbocycles. The third-order valence-electron chi connectivity index (χ3n) is 2.85. The minimum atomic E-state index is -1.14. The Morgan fingerprint density at radius 1 is 1.63 bits per heavy atom. The SMILES string of the molecule is O=c1[nH]cnc2c1ncn2[C@H]1C[C@H](O)/C(=C(/F)Cl)O1. The minimum absolute atomic E-state index is 0.0927. The summed E-state index contributed by atoms with van der Waals surface area (Å²) in [6, 6.07) is 0. The quantitative estimate of drug-likeness (QED) is 0.808. The zero-order chi connectivity index (χ0) is 13.6. The van der Waals surface area contributed by atoms with E-state index < -0.39 is 17.6 Å². The zero-order valence-electron chi connectivity index (χ0n) is 9.38. The molecule has 1 aliphatic rings. The van der Waals surface area contributed by atoms with Crippen LogP contribution < -0.4 is 5.56 Å². The maximum Gasteiger partial charge on any atom is 0.278 e. The van der Waals surface area contributed by atoms with Crippen LogP contribution in [-0.4, -0.2) is 30.7 Å². The molecule has 2 aromatic rings. The van der Waals surface area contributed by atoms with E-state index >= 15 is 0 Å². The summed E-state index contributed by atoms with van der Waals surface area (Å²) in [4.78, 5) is 21.8. The average molecular weight is 287 g/mol. The molecule has 0 bridgehead atoms. The number of nitrogens with one attached hydrogen (secondary N) is 1. The molecule has 2 atom stereocenters. The summed E-state index contributed by atoms with van der Waals surface area (Å²) < 4.78 is 19.6. The van der Waals surface area contributed by atoms with Crippen LogP contribution in [0.1, 0.15) is 12.6 Å². The molecule has 9 heteroatoms. The molecule has 0 saturated carbocycles. The molecule has 1 saturated heterocycles. The van der Waals surface area contributed by atoms with E-state index in [1.54, 1.807) is 0 Å². The summed E-state index contributed by atoms with van der Waals surface area (Å²) >= 11 is 5.18. The molecule has 2 aromatic heterocycles. The maximum absolute atomic E-state index is 12.9. The lowest BCUT2D eigenvalue weighted by Gasteiger charge is -2.11. The van der Waals surface area contributed by atoms with Gasteiger partial charge in [0.2, 0.25) is 5.29 Å². The molecule has 0 aliphatic carbocycles. The van der Waals surface area contributed by atoms with Gasteiger partial charge in [0.05, 0.1) is 6.33 Å². The van der Waals surface area contributed by atoms with Gasteiger partial charge < -0.3 is 14.8 Å². The number of nitrogens with zero attached hydrogens (tertiary/aromatic N) is 3. The van der Waals surface area contributed by atoms with Crippen LogP contribution in [0.25, 0.3) is 11.2 Å². The lowest BCUT2D eigenvalue weighted by molar-refractivity contribution is 0.0967. The summed E-state index contributed by atoms with van der Waals surface area (Å²) in [6.45, 7) is 0. The van der Waals surface area contributed by atoms with Crippen LogP contribution >= 0.6 is 11.6 Å². The Morgan fingerprint density at radius 2 is 2.42 bits per heavy atom. The lowest BCUT2D eigenvalue weighted by Crippen LogP contribution is -2.10. The van der Waals surface area contributed by atoms with Crippen LogP contribution in [0.15, 0.2) is 28.5 Å². The molecule has 100 valence electrons. The number of aromatic nitrogens is 4. The monoisotopic (exact) mass is 286 g/mol. The molecule has 0 spiro atoms. The molecule has 19 heavy (non-hydrogen) atoms. The Balaban J connectivity index is 2.06. The summed E-state index contributed by atoms with van der Waals surface area (Å²) in [6.07, 6.45) is 0.817. The molecule has 3 rings (SSSR count). The topological polar surface area (TPSA) is 93.0 Å². The van der Waals surface area contributed by atoms with Gasteiger partial charge in [-0.1, -0.05) is 0 Å². The van der Waals surface area contributed by atoms with Gasteiger partial charge in [0.15, 0.2) is 23.2 Å². The van der Waals surface area contributed by atoms with Gasteiger partial charge in [-0.15, -0.1) is 0 Å². The van der Waals surface area contributed by atoms with Crippen molar-refractivity contribution in [2.75, 3.05) is 0 Å². The Labute approximate surface area is 110 Å².